The lowest BCUT2D eigenvalue weighted by atomic mass is 10.2. The van der Waals surface area contributed by atoms with Crippen LogP contribution in [0.1, 0.15) is 6.42 Å². The van der Waals surface area contributed by atoms with Gasteiger partial charge in [-0.05, 0) is 18.2 Å². The zero-order valence-corrected chi connectivity index (χ0v) is 12.2. The van der Waals surface area contributed by atoms with E-state index in [-0.39, 0.29) is 5.97 Å². The molecule has 2 heterocycles. The van der Waals surface area contributed by atoms with Gasteiger partial charge in [-0.15, -0.1) is 11.3 Å². The van der Waals surface area contributed by atoms with Crippen LogP contribution in [0.25, 0.3) is 21.6 Å². The van der Waals surface area contributed by atoms with Gasteiger partial charge in [0.2, 0.25) is 5.95 Å². The lowest BCUT2D eigenvalue weighted by molar-refractivity contribution is -0.140. The molecule has 0 aliphatic carbocycles. The van der Waals surface area contributed by atoms with E-state index in [4.69, 9.17) is 0 Å². The number of carbonyl (C=O) groups excluding carboxylic acids is 1. The minimum absolute atomic E-state index is 0.246. The fourth-order valence-electron chi connectivity index (χ4n) is 1.98. The molecule has 0 saturated carbocycles. The van der Waals surface area contributed by atoms with Gasteiger partial charge in [0.1, 0.15) is 5.01 Å². The van der Waals surface area contributed by atoms with E-state index >= 15 is 0 Å². The number of thiazole rings is 1. The van der Waals surface area contributed by atoms with Crippen LogP contribution in [0.15, 0.2) is 29.8 Å². The van der Waals surface area contributed by atoms with E-state index in [1.165, 1.54) is 7.11 Å². The molecule has 2 N–H and O–H groups in total. The number of hydrogen-bond acceptors (Lipinski definition) is 6. The summed E-state index contributed by atoms with van der Waals surface area (Å²) in [5.74, 6) is 0.398. The van der Waals surface area contributed by atoms with Crippen molar-refractivity contribution in [2.24, 2.45) is 0 Å². The van der Waals surface area contributed by atoms with Gasteiger partial charge in [-0.25, -0.2) is 9.97 Å². The largest absolute Gasteiger partial charge is 0.469 e. The SMILES string of the molecule is COC(=O)CCNc1nc2ccc(-c3nccs3)cc2[nH]1. The molecule has 2 aromatic heterocycles. The molecule has 7 heteroatoms. The van der Waals surface area contributed by atoms with Crippen molar-refractivity contribution < 1.29 is 9.53 Å². The van der Waals surface area contributed by atoms with E-state index < -0.39 is 0 Å². The van der Waals surface area contributed by atoms with Gasteiger partial charge in [0.05, 0.1) is 24.6 Å². The third-order valence-corrected chi connectivity index (χ3v) is 3.83. The van der Waals surface area contributed by atoms with Crippen molar-refractivity contribution in [3.8, 4) is 10.6 Å². The summed E-state index contributed by atoms with van der Waals surface area (Å²) in [4.78, 5) is 23.0. The number of aromatic nitrogens is 3. The maximum atomic E-state index is 11.1. The second-order valence-corrected chi connectivity index (χ2v) is 5.30. The number of nitrogens with one attached hydrogen (secondary N) is 2. The van der Waals surface area contributed by atoms with Crippen LogP contribution in [0.2, 0.25) is 0 Å². The van der Waals surface area contributed by atoms with E-state index in [1.54, 1.807) is 17.5 Å². The molecule has 3 rings (SSSR count). The summed E-state index contributed by atoms with van der Waals surface area (Å²) in [6.45, 7) is 0.478. The Bertz CT molecular complexity index is 752. The number of fused-ring (bicyclic) bond motifs is 1. The summed E-state index contributed by atoms with van der Waals surface area (Å²) >= 11 is 1.60. The fraction of sp³-hybridized carbons (Fsp3) is 0.214. The average molecular weight is 302 g/mol. The van der Waals surface area contributed by atoms with Crippen LogP contribution in [-0.4, -0.2) is 34.6 Å². The van der Waals surface area contributed by atoms with Crippen LogP contribution < -0.4 is 5.32 Å². The zero-order chi connectivity index (χ0) is 14.7. The number of hydrogen-bond donors (Lipinski definition) is 2. The first-order valence-electron chi connectivity index (χ1n) is 6.46. The number of methoxy groups -OCH3 is 1. The Labute approximate surface area is 125 Å². The molecule has 0 bridgehead atoms. The van der Waals surface area contributed by atoms with Crippen LogP contribution in [0.5, 0.6) is 0 Å². The van der Waals surface area contributed by atoms with Crippen LogP contribution in [0.3, 0.4) is 0 Å². The van der Waals surface area contributed by atoms with Crippen molar-refractivity contribution in [3.05, 3.63) is 29.8 Å². The van der Waals surface area contributed by atoms with Crippen molar-refractivity contribution in [2.75, 3.05) is 19.0 Å². The van der Waals surface area contributed by atoms with Gasteiger partial charge in [-0.3, -0.25) is 4.79 Å². The van der Waals surface area contributed by atoms with Gasteiger partial charge in [0, 0.05) is 23.7 Å². The van der Waals surface area contributed by atoms with Gasteiger partial charge in [0.15, 0.2) is 0 Å². The first-order valence-corrected chi connectivity index (χ1v) is 7.34. The van der Waals surface area contributed by atoms with Gasteiger partial charge in [-0.1, -0.05) is 0 Å². The monoisotopic (exact) mass is 302 g/mol. The van der Waals surface area contributed by atoms with E-state index in [2.05, 4.69) is 25.0 Å². The summed E-state index contributed by atoms with van der Waals surface area (Å²) in [5, 5.41) is 6.00. The minimum Gasteiger partial charge on any atom is -0.469 e. The second kappa shape index (κ2) is 5.92. The third kappa shape index (κ3) is 3.03. The first-order chi connectivity index (χ1) is 10.3. The Morgan fingerprint density at radius 2 is 2.38 bits per heavy atom. The molecule has 0 amide bonds. The second-order valence-electron chi connectivity index (χ2n) is 4.41. The quantitative estimate of drug-likeness (QED) is 0.708. The smallest absolute Gasteiger partial charge is 0.307 e. The molecule has 0 spiro atoms. The van der Waals surface area contributed by atoms with Crippen molar-refractivity contribution >= 4 is 34.3 Å². The summed E-state index contributed by atoms with van der Waals surface area (Å²) in [6.07, 6.45) is 2.09. The molecule has 0 radical (unpaired) electrons. The molecule has 0 aliphatic heterocycles. The van der Waals surface area contributed by atoms with Crippen LogP contribution >= 0.6 is 11.3 Å². The Kier molecular flexibility index (Phi) is 3.83. The topological polar surface area (TPSA) is 79.9 Å². The van der Waals surface area contributed by atoms with Crippen LogP contribution in [-0.2, 0) is 9.53 Å². The number of imidazole rings is 1. The number of benzene rings is 1. The summed E-state index contributed by atoms with van der Waals surface area (Å²) in [5.41, 5.74) is 2.86. The highest BCUT2D eigenvalue weighted by Crippen LogP contribution is 2.25. The molecule has 0 saturated heterocycles. The van der Waals surface area contributed by atoms with Gasteiger partial charge in [0.25, 0.3) is 0 Å². The molecule has 0 atom stereocenters. The number of nitrogens with zero attached hydrogens (tertiary/aromatic N) is 2. The summed E-state index contributed by atoms with van der Waals surface area (Å²) in [7, 11) is 1.38. The average Bonchev–Trinajstić information content (AvgIpc) is 3.15. The number of ether oxygens (including phenoxy) is 1. The lowest BCUT2D eigenvalue weighted by Crippen LogP contribution is -2.10. The number of anilines is 1. The number of aromatic amines is 1. The van der Waals surface area contributed by atoms with E-state index in [0.717, 1.165) is 21.6 Å². The van der Waals surface area contributed by atoms with Crippen molar-refractivity contribution in [3.63, 3.8) is 0 Å². The summed E-state index contributed by atoms with van der Waals surface area (Å²) in [6, 6.07) is 5.97. The van der Waals surface area contributed by atoms with Gasteiger partial charge >= 0.3 is 5.97 Å². The third-order valence-electron chi connectivity index (χ3n) is 3.01. The van der Waals surface area contributed by atoms with Crippen LogP contribution in [0, 0.1) is 0 Å². The predicted molar refractivity (Wildman–Crippen MR) is 82.3 cm³/mol. The molecule has 3 aromatic rings. The Balaban J connectivity index is 1.76. The van der Waals surface area contributed by atoms with E-state index in [1.807, 2.05) is 23.6 Å². The van der Waals surface area contributed by atoms with Crippen molar-refractivity contribution in [1.82, 2.24) is 15.0 Å². The highest BCUT2D eigenvalue weighted by atomic mass is 32.1. The Morgan fingerprint density at radius 1 is 1.48 bits per heavy atom. The van der Waals surface area contributed by atoms with Crippen LogP contribution in [0.4, 0.5) is 5.95 Å². The van der Waals surface area contributed by atoms with Crippen molar-refractivity contribution in [2.45, 2.75) is 6.42 Å². The minimum atomic E-state index is -0.246. The molecule has 0 aliphatic rings. The number of esters is 1. The number of rotatable bonds is 5. The number of carbonyl (C=O) groups is 1. The highest BCUT2D eigenvalue weighted by molar-refractivity contribution is 7.13. The predicted octanol–water partition coefficient (Wildman–Crippen LogP) is 2.66. The summed E-state index contributed by atoms with van der Waals surface area (Å²) < 4.78 is 4.59. The first kappa shape index (κ1) is 13.6. The Hall–Kier alpha value is -2.41. The molecular formula is C14H14N4O2S. The number of H-pyrrole nitrogens is 1. The van der Waals surface area contributed by atoms with E-state index in [9.17, 15) is 4.79 Å². The molecule has 108 valence electrons. The zero-order valence-electron chi connectivity index (χ0n) is 11.4. The van der Waals surface area contributed by atoms with Gasteiger partial charge in [-0.2, -0.15) is 0 Å². The maximum absolute atomic E-state index is 11.1. The van der Waals surface area contributed by atoms with Crippen molar-refractivity contribution in [1.29, 1.82) is 0 Å². The molecule has 21 heavy (non-hydrogen) atoms. The molecule has 0 unspecified atom stereocenters. The molecule has 6 nitrogen and oxygen atoms in total. The van der Waals surface area contributed by atoms with E-state index in [0.29, 0.717) is 18.9 Å². The molecule has 0 fully saturated rings. The maximum Gasteiger partial charge on any atom is 0.307 e. The standard InChI is InChI=1S/C14H14N4O2S/c1-20-12(19)4-5-16-14-17-10-3-2-9(8-11(10)18-14)13-15-6-7-21-13/h2-3,6-8H,4-5H2,1H3,(H2,16,17,18). The molecular weight excluding hydrogens is 288 g/mol. The highest BCUT2D eigenvalue weighted by Gasteiger charge is 2.07. The fourth-order valence-corrected chi connectivity index (χ4v) is 2.61. The molecule has 1 aromatic carbocycles. The normalized spacial score (nSPS) is 10.7. The van der Waals surface area contributed by atoms with Gasteiger partial charge < -0.3 is 15.0 Å². The Morgan fingerprint density at radius 3 is 3.14 bits per heavy atom. The lowest BCUT2D eigenvalue weighted by Gasteiger charge is -2.00.